The van der Waals surface area contributed by atoms with Crippen molar-refractivity contribution in [2.45, 2.75) is 19.8 Å². The van der Waals surface area contributed by atoms with Crippen LogP contribution in [0.25, 0.3) is 10.9 Å². The van der Waals surface area contributed by atoms with Crippen molar-refractivity contribution in [1.82, 2.24) is 4.98 Å². The van der Waals surface area contributed by atoms with Crippen LogP contribution in [0.3, 0.4) is 0 Å². The number of hydrogen-bond acceptors (Lipinski definition) is 3. The zero-order valence-corrected chi connectivity index (χ0v) is 11.2. The van der Waals surface area contributed by atoms with E-state index >= 15 is 0 Å². The molecule has 0 aliphatic rings. The molecule has 0 aliphatic heterocycles. The Kier molecular flexibility index (Phi) is 4.10. The third kappa shape index (κ3) is 2.76. The second kappa shape index (κ2) is 5.78. The summed E-state index contributed by atoms with van der Waals surface area (Å²) in [5.41, 5.74) is 7.32. The fourth-order valence-electron chi connectivity index (χ4n) is 1.70. The fraction of sp³-hybridized carbons (Fsp3) is 0.286. The molecule has 1 aromatic carbocycles. The first-order chi connectivity index (χ1) is 8.72. The molecule has 18 heavy (non-hydrogen) atoms. The van der Waals surface area contributed by atoms with E-state index in [0.717, 1.165) is 23.7 Å². The van der Waals surface area contributed by atoms with E-state index in [2.05, 4.69) is 11.9 Å². The molecule has 2 rings (SSSR count). The van der Waals surface area contributed by atoms with Crippen molar-refractivity contribution in [3.05, 3.63) is 35.9 Å². The van der Waals surface area contributed by atoms with Crippen LogP contribution in [-0.4, -0.2) is 16.6 Å². The van der Waals surface area contributed by atoms with Crippen LogP contribution in [-0.2, 0) is 0 Å². The third-order valence-electron chi connectivity index (χ3n) is 2.69. The van der Waals surface area contributed by atoms with E-state index in [1.54, 1.807) is 0 Å². The molecule has 0 unspecified atom stereocenters. The van der Waals surface area contributed by atoms with Crippen LogP contribution in [0.15, 0.2) is 30.3 Å². The Morgan fingerprint density at radius 2 is 2.17 bits per heavy atom. The minimum atomic E-state index is 0.319. The van der Waals surface area contributed by atoms with Gasteiger partial charge in [0.05, 0.1) is 17.7 Å². The van der Waals surface area contributed by atoms with E-state index in [1.807, 2.05) is 30.3 Å². The van der Waals surface area contributed by atoms with Crippen LogP contribution in [0, 0.1) is 0 Å². The Labute approximate surface area is 112 Å². The summed E-state index contributed by atoms with van der Waals surface area (Å²) < 4.78 is 5.67. The highest BCUT2D eigenvalue weighted by atomic mass is 32.1. The summed E-state index contributed by atoms with van der Waals surface area (Å²) in [5.74, 6) is 0.537. The minimum Gasteiger partial charge on any atom is -0.477 e. The molecule has 0 amide bonds. The predicted molar refractivity (Wildman–Crippen MR) is 78.0 cm³/mol. The molecule has 4 heteroatoms. The first kappa shape index (κ1) is 12.8. The van der Waals surface area contributed by atoms with Crippen LogP contribution >= 0.6 is 12.2 Å². The molecular weight excluding hydrogens is 244 g/mol. The maximum Gasteiger partial charge on any atom is 0.224 e. The van der Waals surface area contributed by atoms with Gasteiger partial charge in [0.25, 0.3) is 0 Å². The lowest BCUT2D eigenvalue weighted by atomic mass is 10.1. The fourth-order valence-corrected chi connectivity index (χ4v) is 1.84. The van der Waals surface area contributed by atoms with Gasteiger partial charge >= 0.3 is 0 Å². The number of nitrogens with two attached hydrogens (primary N) is 1. The van der Waals surface area contributed by atoms with Crippen molar-refractivity contribution in [3.8, 4) is 5.88 Å². The number of thiocarbonyl (C=S) groups is 1. The molecular formula is C14H16N2OS. The van der Waals surface area contributed by atoms with Crippen molar-refractivity contribution >= 4 is 28.1 Å². The summed E-state index contributed by atoms with van der Waals surface area (Å²) in [6.07, 6.45) is 2.07. The van der Waals surface area contributed by atoms with E-state index in [4.69, 9.17) is 22.7 Å². The lowest BCUT2D eigenvalue weighted by Gasteiger charge is -2.10. The Balaban J connectivity index is 2.41. The van der Waals surface area contributed by atoms with Gasteiger partial charge in [-0.05, 0) is 18.6 Å². The van der Waals surface area contributed by atoms with E-state index in [1.165, 1.54) is 0 Å². The summed E-state index contributed by atoms with van der Waals surface area (Å²) >= 11 is 5.05. The summed E-state index contributed by atoms with van der Waals surface area (Å²) in [4.78, 5) is 4.80. The first-order valence-corrected chi connectivity index (χ1v) is 6.45. The molecule has 0 fully saturated rings. The molecule has 0 radical (unpaired) electrons. The average molecular weight is 260 g/mol. The summed E-state index contributed by atoms with van der Waals surface area (Å²) in [7, 11) is 0. The number of fused-ring (bicyclic) bond motifs is 1. The van der Waals surface area contributed by atoms with Gasteiger partial charge in [0.2, 0.25) is 5.88 Å². The monoisotopic (exact) mass is 260 g/mol. The molecule has 1 heterocycles. The molecule has 0 saturated carbocycles. The first-order valence-electron chi connectivity index (χ1n) is 6.04. The number of unbranched alkanes of at least 4 members (excludes halogenated alkanes) is 1. The van der Waals surface area contributed by atoms with E-state index in [9.17, 15) is 0 Å². The number of nitrogens with zero attached hydrogens (tertiary/aromatic N) is 1. The van der Waals surface area contributed by atoms with Crippen LogP contribution in [0.1, 0.15) is 25.3 Å². The van der Waals surface area contributed by atoms with Gasteiger partial charge in [-0.25, -0.2) is 4.98 Å². The Bertz CT molecular complexity index is 569. The quantitative estimate of drug-likeness (QED) is 0.663. The summed E-state index contributed by atoms with van der Waals surface area (Å²) in [5, 5.41) is 1.02. The number of rotatable bonds is 5. The normalized spacial score (nSPS) is 10.5. The predicted octanol–water partition coefficient (Wildman–Crippen LogP) is 3.05. The number of ether oxygens (including phenoxy) is 1. The van der Waals surface area contributed by atoms with Gasteiger partial charge < -0.3 is 10.5 Å². The second-order valence-corrected chi connectivity index (χ2v) is 4.54. The number of pyridine rings is 1. The maximum absolute atomic E-state index is 5.72. The van der Waals surface area contributed by atoms with Gasteiger partial charge in [-0.15, -0.1) is 0 Å². The smallest absolute Gasteiger partial charge is 0.224 e. The Hall–Kier alpha value is -1.68. The molecule has 0 atom stereocenters. The highest BCUT2D eigenvalue weighted by Gasteiger charge is 2.10. The lowest BCUT2D eigenvalue weighted by molar-refractivity contribution is 0.298. The topological polar surface area (TPSA) is 48.1 Å². The highest BCUT2D eigenvalue weighted by molar-refractivity contribution is 7.80. The molecule has 2 N–H and O–H groups in total. The molecule has 0 aliphatic carbocycles. The Morgan fingerprint density at radius 1 is 1.39 bits per heavy atom. The van der Waals surface area contributed by atoms with Crippen LogP contribution in [0.2, 0.25) is 0 Å². The standard InChI is InChI=1S/C14H16N2OS/c1-2-3-8-17-14-11(13(15)18)9-10-6-4-5-7-12(10)16-14/h4-7,9H,2-3,8H2,1H3,(H2,15,18). The third-order valence-corrected chi connectivity index (χ3v) is 2.91. The summed E-state index contributed by atoms with van der Waals surface area (Å²) in [6.45, 7) is 2.75. The van der Waals surface area contributed by atoms with Crippen molar-refractivity contribution in [1.29, 1.82) is 0 Å². The van der Waals surface area contributed by atoms with E-state index in [-0.39, 0.29) is 0 Å². The summed E-state index contributed by atoms with van der Waals surface area (Å²) in [6, 6.07) is 9.79. The van der Waals surface area contributed by atoms with Gasteiger partial charge in [0.15, 0.2) is 0 Å². The van der Waals surface area contributed by atoms with Crippen molar-refractivity contribution in [3.63, 3.8) is 0 Å². The Morgan fingerprint density at radius 3 is 2.89 bits per heavy atom. The van der Waals surface area contributed by atoms with Crippen molar-refractivity contribution in [2.75, 3.05) is 6.61 Å². The largest absolute Gasteiger partial charge is 0.477 e. The maximum atomic E-state index is 5.72. The van der Waals surface area contributed by atoms with Gasteiger partial charge in [-0.3, -0.25) is 0 Å². The molecule has 0 spiro atoms. The number of hydrogen-bond donors (Lipinski definition) is 1. The van der Waals surface area contributed by atoms with Crippen molar-refractivity contribution < 1.29 is 4.74 Å². The molecule has 1 aromatic heterocycles. The van der Waals surface area contributed by atoms with Crippen LogP contribution in [0.4, 0.5) is 0 Å². The zero-order valence-electron chi connectivity index (χ0n) is 10.3. The van der Waals surface area contributed by atoms with Crippen molar-refractivity contribution in [2.24, 2.45) is 5.73 Å². The number of benzene rings is 1. The van der Waals surface area contributed by atoms with Gasteiger partial charge in [-0.2, -0.15) is 0 Å². The molecule has 0 bridgehead atoms. The highest BCUT2D eigenvalue weighted by Crippen LogP contribution is 2.22. The minimum absolute atomic E-state index is 0.319. The molecule has 3 nitrogen and oxygen atoms in total. The number of aromatic nitrogens is 1. The van der Waals surface area contributed by atoms with Gasteiger partial charge in [-0.1, -0.05) is 43.8 Å². The van der Waals surface area contributed by atoms with Gasteiger partial charge in [0.1, 0.15) is 4.99 Å². The second-order valence-electron chi connectivity index (χ2n) is 4.10. The molecule has 94 valence electrons. The van der Waals surface area contributed by atoms with Crippen LogP contribution < -0.4 is 10.5 Å². The zero-order chi connectivity index (χ0) is 13.0. The number of para-hydroxylation sites is 1. The SMILES string of the molecule is CCCCOc1nc2ccccc2cc1C(N)=S. The molecule has 0 saturated heterocycles. The van der Waals surface area contributed by atoms with E-state index < -0.39 is 0 Å². The molecule has 2 aromatic rings. The average Bonchev–Trinajstić information content (AvgIpc) is 2.38. The van der Waals surface area contributed by atoms with Crippen LogP contribution in [0.5, 0.6) is 5.88 Å². The lowest BCUT2D eigenvalue weighted by Crippen LogP contribution is -2.13. The van der Waals surface area contributed by atoms with E-state index in [0.29, 0.717) is 23.0 Å². The van der Waals surface area contributed by atoms with Gasteiger partial charge in [0, 0.05) is 5.39 Å².